The topological polar surface area (TPSA) is 37.8 Å². The average Bonchev–Trinajstić information content (AvgIpc) is 2.33. The van der Waals surface area contributed by atoms with Crippen molar-refractivity contribution in [2.45, 2.75) is 13.1 Å². The predicted molar refractivity (Wildman–Crippen MR) is 66.5 cm³/mol. The lowest BCUT2D eigenvalue weighted by Gasteiger charge is -2.10. The van der Waals surface area contributed by atoms with E-state index in [4.69, 9.17) is 11.6 Å². The number of nitrogens with one attached hydrogen (secondary N) is 1. The molecule has 0 saturated heterocycles. The van der Waals surface area contributed by atoms with Gasteiger partial charge in [-0.05, 0) is 25.1 Å². The highest BCUT2D eigenvalue weighted by atomic mass is 35.5. The largest absolute Gasteiger partial charge is 0.417 e. The molecule has 3 nitrogen and oxygen atoms in total. The van der Waals surface area contributed by atoms with Crippen LogP contribution in [0.2, 0.25) is 5.02 Å². The number of hydrogen-bond donors (Lipinski definition) is 1. The third-order valence-electron chi connectivity index (χ3n) is 2.34. The van der Waals surface area contributed by atoms with E-state index in [-0.39, 0.29) is 10.8 Å². The van der Waals surface area contributed by atoms with Crippen molar-refractivity contribution >= 4 is 23.1 Å². The summed E-state index contributed by atoms with van der Waals surface area (Å²) in [5.74, 6) is 0.153. The number of aryl methyl sites for hydroxylation is 1. The average molecular weight is 288 g/mol. The van der Waals surface area contributed by atoms with Crippen molar-refractivity contribution in [3.8, 4) is 0 Å². The van der Waals surface area contributed by atoms with Gasteiger partial charge in [-0.3, -0.25) is 4.98 Å². The molecule has 0 saturated carbocycles. The molecule has 0 radical (unpaired) electrons. The van der Waals surface area contributed by atoms with Crippen molar-refractivity contribution in [1.82, 2.24) is 9.97 Å². The van der Waals surface area contributed by atoms with Crippen molar-refractivity contribution in [2.24, 2.45) is 0 Å². The van der Waals surface area contributed by atoms with Crippen LogP contribution in [0.15, 0.2) is 30.6 Å². The summed E-state index contributed by atoms with van der Waals surface area (Å²) in [7, 11) is 0. The molecule has 0 aliphatic rings. The fourth-order valence-corrected chi connectivity index (χ4v) is 1.58. The van der Waals surface area contributed by atoms with Crippen molar-refractivity contribution < 1.29 is 13.2 Å². The summed E-state index contributed by atoms with van der Waals surface area (Å²) < 4.78 is 37.3. The van der Waals surface area contributed by atoms with Gasteiger partial charge >= 0.3 is 6.18 Å². The summed E-state index contributed by atoms with van der Waals surface area (Å²) in [5.41, 5.74) is 0.543. The summed E-state index contributed by atoms with van der Waals surface area (Å²) >= 11 is 5.77. The SMILES string of the molecule is Cc1ccc(Nc2ncc(C(F)(F)F)cc2Cl)cn1. The van der Waals surface area contributed by atoms with Crippen LogP contribution in [-0.2, 0) is 6.18 Å². The van der Waals surface area contributed by atoms with Crippen molar-refractivity contribution in [1.29, 1.82) is 0 Å². The molecule has 0 atom stereocenters. The lowest BCUT2D eigenvalue weighted by Crippen LogP contribution is -2.06. The molecule has 0 bridgehead atoms. The highest BCUT2D eigenvalue weighted by molar-refractivity contribution is 6.33. The van der Waals surface area contributed by atoms with Gasteiger partial charge in [-0.15, -0.1) is 0 Å². The standard InChI is InChI=1S/C12H9ClF3N3/c1-7-2-3-9(6-17-7)19-11-10(13)4-8(5-18-11)12(14,15)16/h2-6H,1H3,(H,18,19). The maximum atomic E-state index is 12.4. The van der Waals surface area contributed by atoms with Gasteiger partial charge in [0, 0.05) is 11.9 Å². The summed E-state index contributed by atoms with van der Waals surface area (Å²) in [5, 5.41) is 2.70. The number of anilines is 2. The zero-order chi connectivity index (χ0) is 14.0. The quantitative estimate of drug-likeness (QED) is 0.899. The minimum Gasteiger partial charge on any atom is -0.338 e. The first-order chi connectivity index (χ1) is 8.86. The van der Waals surface area contributed by atoms with E-state index in [0.29, 0.717) is 5.69 Å². The minimum absolute atomic E-state index is 0.101. The van der Waals surface area contributed by atoms with Crippen LogP contribution in [0, 0.1) is 6.92 Å². The molecule has 0 spiro atoms. The van der Waals surface area contributed by atoms with Gasteiger partial charge in [0.25, 0.3) is 0 Å². The van der Waals surface area contributed by atoms with E-state index >= 15 is 0 Å². The zero-order valence-electron chi connectivity index (χ0n) is 9.79. The second-order valence-corrected chi connectivity index (χ2v) is 4.27. The lowest BCUT2D eigenvalue weighted by atomic mass is 10.2. The van der Waals surface area contributed by atoms with Crippen LogP contribution in [0.1, 0.15) is 11.3 Å². The number of hydrogen-bond acceptors (Lipinski definition) is 3. The monoisotopic (exact) mass is 287 g/mol. The van der Waals surface area contributed by atoms with Gasteiger partial charge in [0.05, 0.1) is 22.5 Å². The van der Waals surface area contributed by atoms with Crippen LogP contribution in [0.3, 0.4) is 0 Å². The number of pyridine rings is 2. The predicted octanol–water partition coefficient (Wildman–Crippen LogP) is 4.20. The summed E-state index contributed by atoms with van der Waals surface area (Å²) in [4.78, 5) is 7.72. The molecule has 0 aliphatic carbocycles. The first-order valence-electron chi connectivity index (χ1n) is 5.28. The second-order valence-electron chi connectivity index (χ2n) is 3.87. The molecule has 0 aromatic carbocycles. The first-order valence-corrected chi connectivity index (χ1v) is 5.66. The number of aromatic nitrogens is 2. The van der Waals surface area contributed by atoms with Crippen LogP contribution >= 0.6 is 11.6 Å². The Labute approximate surface area is 112 Å². The smallest absolute Gasteiger partial charge is 0.338 e. The molecule has 2 aromatic heterocycles. The number of alkyl halides is 3. The van der Waals surface area contributed by atoms with E-state index in [0.717, 1.165) is 18.0 Å². The highest BCUT2D eigenvalue weighted by Crippen LogP contribution is 2.33. The Bertz CT molecular complexity index is 582. The molecule has 2 heterocycles. The molecule has 0 fully saturated rings. The fourth-order valence-electron chi connectivity index (χ4n) is 1.36. The van der Waals surface area contributed by atoms with E-state index in [1.54, 1.807) is 18.3 Å². The summed E-state index contributed by atoms with van der Waals surface area (Å²) in [6.45, 7) is 1.83. The van der Waals surface area contributed by atoms with E-state index in [9.17, 15) is 13.2 Å². The molecule has 0 unspecified atom stereocenters. The second kappa shape index (κ2) is 5.05. The van der Waals surface area contributed by atoms with Gasteiger partial charge in [0.15, 0.2) is 0 Å². The van der Waals surface area contributed by atoms with Gasteiger partial charge in [0.2, 0.25) is 0 Å². The molecule has 100 valence electrons. The first kappa shape index (κ1) is 13.6. The molecule has 2 rings (SSSR count). The van der Waals surface area contributed by atoms with Crippen LogP contribution in [0.5, 0.6) is 0 Å². The van der Waals surface area contributed by atoms with Crippen LogP contribution < -0.4 is 5.32 Å². The summed E-state index contributed by atoms with van der Waals surface area (Å²) in [6.07, 6.45) is -2.18. The van der Waals surface area contributed by atoms with E-state index in [2.05, 4.69) is 15.3 Å². The molecular weight excluding hydrogens is 279 g/mol. The number of halogens is 4. The molecule has 2 aromatic rings. The maximum Gasteiger partial charge on any atom is 0.417 e. The molecular formula is C12H9ClF3N3. The van der Waals surface area contributed by atoms with Gasteiger partial charge in [-0.1, -0.05) is 11.6 Å². The Morgan fingerprint density at radius 1 is 1.16 bits per heavy atom. The van der Waals surface area contributed by atoms with E-state index < -0.39 is 11.7 Å². The third-order valence-corrected chi connectivity index (χ3v) is 2.63. The van der Waals surface area contributed by atoms with Gasteiger partial charge in [0.1, 0.15) is 5.82 Å². The normalized spacial score (nSPS) is 11.4. The van der Waals surface area contributed by atoms with Crippen LogP contribution in [-0.4, -0.2) is 9.97 Å². The van der Waals surface area contributed by atoms with E-state index in [1.807, 2.05) is 6.92 Å². The zero-order valence-corrected chi connectivity index (χ0v) is 10.5. The molecule has 0 aliphatic heterocycles. The minimum atomic E-state index is -4.46. The maximum absolute atomic E-state index is 12.4. The Hall–Kier alpha value is -1.82. The number of nitrogens with zero attached hydrogens (tertiary/aromatic N) is 2. The Kier molecular flexibility index (Phi) is 3.61. The van der Waals surface area contributed by atoms with Crippen molar-refractivity contribution in [2.75, 3.05) is 5.32 Å². The number of rotatable bonds is 2. The highest BCUT2D eigenvalue weighted by Gasteiger charge is 2.31. The third kappa shape index (κ3) is 3.35. The Morgan fingerprint density at radius 2 is 1.89 bits per heavy atom. The van der Waals surface area contributed by atoms with Crippen LogP contribution in [0.25, 0.3) is 0 Å². The van der Waals surface area contributed by atoms with Crippen molar-refractivity contribution in [3.63, 3.8) is 0 Å². The molecule has 7 heteroatoms. The van der Waals surface area contributed by atoms with E-state index in [1.165, 1.54) is 0 Å². The Morgan fingerprint density at radius 3 is 2.42 bits per heavy atom. The van der Waals surface area contributed by atoms with Gasteiger partial charge in [-0.2, -0.15) is 13.2 Å². The lowest BCUT2D eigenvalue weighted by molar-refractivity contribution is -0.137. The van der Waals surface area contributed by atoms with Gasteiger partial charge < -0.3 is 5.32 Å². The Balaban J connectivity index is 2.24. The van der Waals surface area contributed by atoms with Gasteiger partial charge in [-0.25, -0.2) is 4.98 Å². The summed E-state index contributed by atoms with van der Waals surface area (Å²) in [6, 6.07) is 4.33. The molecule has 1 N–H and O–H groups in total. The molecule has 19 heavy (non-hydrogen) atoms. The van der Waals surface area contributed by atoms with Crippen LogP contribution in [0.4, 0.5) is 24.7 Å². The van der Waals surface area contributed by atoms with Crippen molar-refractivity contribution in [3.05, 3.63) is 46.9 Å². The molecule has 0 amide bonds. The fraction of sp³-hybridized carbons (Fsp3) is 0.167.